The zero-order valence-electron chi connectivity index (χ0n) is 18.2. The molecule has 0 aliphatic carbocycles. The van der Waals surface area contributed by atoms with Crippen LogP contribution in [-0.4, -0.2) is 36.8 Å². The third-order valence-electron chi connectivity index (χ3n) is 4.44. The highest BCUT2D eigenvalue weighted by atomic mass is 32.2. The maximum atomic E-state index is 13.4. The Morgan fingerprint density at radius 1 is 1.15 bits per heavy atom. The van der Waals surface area contributed by atoms with E-state index in [-0.39, 0.29) is 15.7 Å². The van der Waals surface area contributed by atoms with Gasteiger partial charge in [-0.1, -0.05) is 53.8 Å². The number of rotatable bonds is 9. The summed E-state index contributed by atoms with van der Waals surface area (Å²) in [6, 6.07) is 9.63. The van der Waals surface area contributed by atoms with Gasteiger partial charge in [0.25, 0.3) is 10.0 Å². The lowest BCUT2D eigenvalue weighted by Crippen LogP contribution is -2.38. The van der Waals surface area contributed by atoms with Gasteiger partial charge in [0, 0.05) is 5.75 Å². The zero-order valence-corrected chi connectivity index (χ0v) is 20.6. The number of hydrogen-bond donors (Lipinski definition) is 1. The number of anilines is 2. The van der Waals surface area contributed by atoms with E-state index in [1.54, 1.807) is 19.1 Å². The summed E-state index contributed by atoms with van der Waals surface area (Å²) in [5.41, 5.74) is -0.520. The van der Waals surface area contributed by atoms with Gasteiger partial charge >= 0.3 is 6.18 Å². The molecule has 0 saturated carbocycles. The van der Waals surface area contributed by atoms with Crippen molar-refractivity contribution in [3.63, 3.8) is 0 Å². The Labute approximate surface area is 203 Å². The average Bonchev–Trinajstić information content (AvgIpc) is 3.22. The van der Waals surface area contributed by atoms with Crippen molar-refractivity contribution in [3.05, 3.63) is 59.7 Å². The molecule has 1 amide bonds. The van der Waals surface area contributed by atoms with Crippen LogP contribution in [0, 0.1) is 6.92 Å². The molecule has 0 radical (unpaired) electrons. The number of aryl methyl sites for hydroxylation is 1. The van der Waals surface area contributed by atoms with Crippen molar-refractivity contribution in [1.29, 1.82) is 0 Å². The Balaban J connectivity index is 1.93. The van der Waals surface area contributed by atoms with Gasteiger partial charge in [-0.25, -0.2) is 8.42 Å². The van der Waals surface area contributed by atoms with Crippen LogP contribution in [0.2, 0.25) is 0 Å². The van der Waals surface area contributed by atoms with E-state index >= 15 is 0 Å². The fourth-order valence-corrected chi connectivity index (χ4v) is 5.89. The minimum absolute atomic E-state index is 0.155. The van der Waals surface area contributed by atoms with Crippen molar-refractivity contribution in [2.75, 3.05) is 21.9 Å². The van der Waals surface area contributed by atoms with E-state index in [2.05, 4.69) is 15.5 Å². The molecule has 1 aromatic heterocycles. The second kappa shape index (κ2) is 10.7. The van der Waals surface area contributed by atoms with Crippen LogP contribution >= 0.6 is 23.1 Å². The molecule has 0 spiro atoms. The lowest BCUT2D eigenvalue weighted by Gasteiger charge is -2.24. The monoisotopic (exact) mass is 530 g/mol. The van der Waals surface area contributed by atoms with Crippen LogP contribution in [0.4, 0.5) is 24.0 Å². The molecule has 1 heterocycles. The molecule has 3 aromatic rings. The number of hydrogen-bond acceptors (Lipinski definition) is 7. The lowest BCUT2D eigenvalue weighted by atomic mass is 10.2. The minimum atomic E-state index is -4.68. The largest absolute Gasteiger partial charge is 0.416 e. The second-order valence-corrected chi connectivity index (χ2v) is 11.3. The number of aromatic nitrogens is 2. The lowest BCUT2D eigenvalue weighted by molar-refractivity contribution is -0.137. The van der Waals surface area contributed by atoms with E-state index in [9.17, 15) is 26.4 Å². The Morgan fingerprint density at radius 3 is 2.50 bits per heavy atom. The Bertz CT molecular complexity index is 1250. The first-order valence-electron chi connectivity index (χ1n) is 10.0. The third-order valence-corrected chi connectivity index (χ3v) is 8.41. The Kier molecular flexibility index (Phi) is 8.21. The van der Waals surface area contributed by atoms with Crippen molar-refractivity contribution in [3.8, 4) is 0 Å². The minimum Gasteiger partial charge on any atom is -0.299 e. The van der Waals surface area contributed by atoms with Gasteiger partial charge in [-0.15, -0.1) is 10.2 Å². The highest BCUT2D eigenvalue weighted by molar-refractivity contribution is 8.01. The maximum Gasteiger partial charge on any atom is 0.416 e. The number of halogens is 3. The van der Waals surface area contributed by atoms with Crippen LogP contribution < -0.4 is 9.62 Å². The molecule has 3 rings (SSSR count). The van der Waals surface area contributed by atoms with Crippen molar-refractivity contribution < 1.29 is 26.4 Å². The normalized spacial score (nSPS) is 11.9. The molecule has 1 N–H and O–H groups in total. The van der Waals surface area contributed by atoms with E-state index in [1.807, 2.05) is 6.92 Å². The van der Waals surface area contributed by atoms with Crippen LogP contribution in [0.3, 0.4) is 0 Å². The Morgan fingerprint density at radius 2 is 1.85 bits per heavy atom. The van der Waals surface area contributed by atoms with Gasteiger partial charge in [-0.3, -0.25) is 14.4 Å². The van der Waals surface area contributed by atoms with Gasteiger partial charge < -0.3 is 0 Å². The summed E-state index contributed by atoms with van der Waals surface area (Å²) in [7, 11) is -4.36. The molecule has 0 aliphatic heterocycles. The SMILES string of the molecule is CCCSc1nnc(NC(=O)CN(c2cccc(C(F)(F)F)c2)S(=O)(=O)c2ccc(C)cc2)s1. The molecule has 0 atom stereocenters. The van der Waals surface area contributed by atoms with Crippen molar-refractivity contribution >= 4 is 49.8 Å². The van der Waals surface area contributed by atoms with Gasteiger partial charge in [0.2, 0.25) is 11.0 Å². The topological polar surface area (TPSA) is 92.3 Å². The molecule has 0 aliphatic rings. The molecule has 0 unspecified atom stereocenters. The van der Waals surface area contributed by atoms with E-state index in [1.165, 1.54) is 30.0 Å². The smallest absolute Gasteiger partial charge is 0.299 e. The second-order valence-electron chi connectivity index (χ2n) is 7.14. The third kappa shape index (κ3) is 6.48. The molecule has 0 bridgehead atoms. The standard InChI is InChI=1S/C21H21F3N4O3S3/c1-3-11-32-20-27-26-19(33-20)25-18(29)13-28(16-6-4-5-15(12-16)21(22,23)24)34(30,31)17-9-7-14(2)8-10-17/h4-10,12H,3,11,13H2,1-2H3,(H,25,26,29). The number of carbonyl (C=O) groups excluding carboxylic acids is 1. The predicted molar refractivity (Wildman–Crippen MR) is 127 cm³/mol. The van der Waals surface area contributed by atoms with Gasteiger partial charge in [0.15, 0.2) is 4.34 Å². The molecule has 0 fully saturated rings. The number of thioether (sulfide) groups is 1. The fraction of sp³-hybridized carbons (Fsp3) is 0.286. The molecule has 34 heavy (non-hydrogen) atoms. The van der Waals surface area contributed by atoms with Crippen LogP contribution in [-0.2, 0) is 21.0 Å². The number of nitrogens with one attached hydrogen (secondary N) is 1. The summed E-state index contributed by atoms with van der Waals surface area (Å²) >= 11 is 2.59. The molecule has 0 saturated heterocycles. The quantitative estimate of drug-likeness (QED) is 0.302. The predicted octanol–water partition coefficient (Wildman–Crippen LogP) is 5.20. The van der Waals surface area contributed by atoms with Gasteiger partial charge in [0.1, 0.15) is 6.54 Å². The van der Waals surface area contributed by atoms with Gasteiger partial charge in [0.05, 0.1) is 16.1 Å². The summed E-state index contributed by atoms with van der Waals surface area (Å²) in [4.78, 5) is 12.6. The summed E-state index contributed by atoms with van der Waals surface area (Å²) in [5.74, 6) is 0.0528. The van der Waals surface area contributed by atoms with Crippen LogP contribution in [0.5, 0.6) is 0 Å². The summed E-state index contributed by atoms with van der Waals surface area (Å²) < 4.78 is 67.8. The first-order valence-corrected chi connectivity index (χ1v) is 13.3. The van der Waals surface area contributed by atoms with Crippen LogP contribution in [0.25, 0.3) is 0 Å². The van der Waals surface area contributed by atoms with E-state index < -0.39 is 34.2 Å². The summed E-state index contributed by atoms with van der Waals surface area (Å²) in [6.07, 6.45) is -3.76. The molecular formula is C21H21F3N4O3S3. The van der Waals surface area contributed by atoms with Crippen molar-refractivity contribution in [2.24, 2.45) is 0 Å². The van der Waals surface area contributed by atoms with Gasteiger partial charge in [-0.05, 0) is 43.7 Å². The molecule has 13 heteroatoms. The number of benzene rings is 2. The number of amides is 1. The maximum absolute atomic E-state index is 13.4. The first kappa shape index (κ1) is 26.0. The fourth-order valence-electron chi connectivity index (χ4n) is 2.79. The molecular weight excluding hydrogens is 509 g/mol. The van der Waals surface area contributed by atoms with E-state index in [0.717, 1.165) is 41.2 Å². The number of sulfonamides is 1. The Hall–Kier alpha value is -2.64. The van der Waals surface area contributed by atoms with E-state index in [0.29, 0.717) is 14.7 Å². The summed E-state index contributed by atoms with van der Waals surface area (Å²) in [6.45, 7) is 3.02. The number of carbonyl (C=O) groups is 1. The van der Waals surface area contributed by atoms with Gasteiger partial charge in [-0.2, -0.15) is 13.2 Å². The number of nitrogens with zero attached hydrogens (tertiary/aromatic N) is 3. The van der Waals surface area contributed by atoms with Crippen LogP contribution in [0.1, 0.15) is 24.5 Å². The van der Waals surface area contributed by atoms with Crippen molar-refractivity contribution in [1.82, 2.24) is 10.2 Å². The first-order chi connectivity index (χ1) is 16.0. The van der Waals surface area contributed by atoms with E-state index in [4.69, 9.17) is 0 Å². The summed E-state index contributed by atoms with van der Waals surface area (Å²) in [5, 5.41) is 10.5. The van der Waals surface area contributed by atoms with Crippen LogP contribution in [0.15, 0.2) is 57.8 Å². The molecule has 182 valence electrons. The molecule has 7 nitrogen and oxygen atoms in total. The highest BCUT2D eigenvalue weighted by Crippen LogP contribution is 2.33. The van der Waals surface area contributed by atoms with Crippen molar-refractivity contribution in [2.45, 2.75) is 35.7 Å². The number of alkyl halides is 3. The zero-order chi connectivity index (χ0) is 24.9. The molecule has 2 aromatic carbocycles. The average molecular weight is 531 g/mol. The highest BCUT2D eigenvalue weighted by Gasteiger charge is 2.33.